The van der Waals surface area contributed by atoms with Crippen LogP contribution < -0.4 is 0 Å². The Morgan fingerprint density at radius 3 is 2.44 bits per heavy atom. The third-order valence-corrected chi connectivity index (χ3v) is 2.98. The first-order valence-electron chi connectivity index (χ1n) is 6.23. The normalized spacial score (nSPS) is 39.0. The molecule has 2 aliphatic rings. The van der Waals surface area contributed by atoms with Crippen molar-refractivity contribution >= 4 is 0 Å². The summed E-state index contributed by atoms with van der Waals surface area (Å²) in [6, 6.07) is 0. The van der Waals surface area contributed by atoms with Crippen molar-refractivity contribution in [2.75, 3.05) is 6.61 Å². The van der Waals surface area contributed by atoms with Crippen molar-refractivity contribution in [3.05, 3.63) is 0 Å². The van der Waals surface area contributed by atoms with Crippen LogP contribution in [-0.2, 0) is 18.9 Å². The third kappa shape index (κ3) is 3.20. The van der Waals surface area contributed by atoms with Crippen LogP contribution in [0, 0.1) is 0 Å². The highest BCUT2D eigenvalue weighted by molar-refractivity contribution is 4.94. The van der Waals surface area contributed by atoms with Gasteiger partial charge in [0, 0.05) is 0 Å². The average molecular weight is 262 g/mol. The number of aliphatic hydroxyl groups excluding tert-OH is 1. The molecule has 6 nitrogen and oxygen atoms in total. The van der Waals surface area contributed by atoms with Gasteiger partial charge >= 0.3 is 0 Å². The van der Waals surface area contributed by atoms with Gasteiger partial charge in [-0.15, -0.1) is 0 Å². The van der Waals surface area contributed by atoms with Gasteiger partial charge in [-0.3, -0.25) is 0 Å². The maximum Gasteiger partial charge on any atom is 0.184 e. The molecule has 2 fully saturated rings. The van der Waals surface area contributed by atoms with Crippen molar-refractivity contribution in [2.45, 2.75) is 70.3 Å². The molecule has 2 aliphatic heterocycles. The largest absolute Gasteiger partial charge is 0.366 e. The lowest BCUT2D eigenvalue weighted by Gasteiger charge is -2.24. The van der Waals surface area contributed by atoms with Gasteiger partial charge in [-0.2, -0.15) is 0 Å². The smallest absolute Gasteiger partial charge is 0.184 e. The van der Waals surface area contributed by atoms with E-state index in [0.29, 0.717) is 13.0 Å². The van der Waals surface area contributed by atoms with Crippen LogP contribution in [0.15, 0.2) is 0 Å². The summed E-state index contributed by atoms with van der Waals surface area (Å²) < 4.78 is 21.9. The Bertz CT molecular complexity index is 297. The summed E-state index contributed by atoms with van der Waals surface area (Å²) >= 11 is 0. The molecule has 0 aromatic heterocycles. The van der Waals surface area contributed by atoms with E-state index in [1.807, 2.05) is 13.8 Å². The Morgan fingerprint density at radius 1 is 1.22 bits per heavy atom. The van der Waals surface area contributed by atoms with E-state index in [-0.39, 0.29) is 12.2 Å². The predicted molar refractivity (Wildman–Crippen MR) is 61.6 cm³/mol. The van der Waals surface area contributed by atoms with Crippen LogP contribution in [0.2, 0.25) is 0 Å². The minimum Gasteiger partial charge on any atom is -0.366 e. The first kappa shape index (κ1) is 14.2. The summed E-state index contributed by atoms with van der Waals surface area (Å²) in [6.45, 7) is 7.08. The zero-order valence-corrected chi connectivity index (χ0v) is 11.3. The number of ether oxygens (including phenoxy) is 4. The minimum absolute atomic E-state index is 0.283. The Morgan fingerprint density at radius 2 is 1.83 bits per heavy atom. The van der Waals surface area contributed by atoms with Gasteiger partial charge in [0.2, 0.25) is 0 Å². The van der Waals surface area contributed by atoms with Crippen molar-refractivity contribution < 1.29 is 29.2 Å². The summed E-state index contributed by atoms with van der Waals surface area (Å²) in [7, 11) is 0. The number of fused-ring (bicyclic) bond motifs is 1. The molecule has 2 rings (SSSR count). The summed E-state index contributed by atoms with van der Waals surface area (Å²) in [5, 5.41) is 19.2. The van der Waals surface area contributed by atoms with Crippen molar-refractivity contribution in [3.8, 4) is 0 Å². The van der Waals surface area contributed by atoms with Gasteiger partial charge in [-0.1, -0.05) is 0 Å². The fourth-order valence-corrected chi connectivity index (χ4v) is 2.32. The molecule has 106 valence electrons. The highest BCUT2D eigenvalue weighted by Gasteiger charge is 2.54. The Balaban J connectivity index is 1.87. The molecule has 2 N–H and O–H groups in total. The Labute approximate surface area is 107 Å². The zero-order chi connectivity index (χ0) is 13.6. The van der Waals surface area contributed by atoms with E-state index in [2.05, 4.69) is 0 Å². The van der Waals surface area contributed by atoms with E-state index in [9.17, 15) is 10.2 Å². The van der Waals surface area contributed by atoms with Crippen LogP contribution in [0.4, 0.5) is 0 Å². The first-order chi connectivity index (χ1) is 8.18. The van der Waals surface area contributed by atoms with Gasteiger partial charge in [-0.25, -0.2) is 0 Å². The molecule has 0 saturated carbocycles. The molecule has 2 heterocycles. The molecule has 4 atom stereocenters. The van der Waals surface area contributed by atoms with Crippen LogP contribution in [0.5, 0.6) is 0 Å². The van der Waals surface area contributed by atoms with Crippen LogP contribution >= 0.6 is 0 Å². The fraction of sp³-hybridized carbons (Fsp3) is 1.00. The number of hydrogen-bond acceptors (Lipinski definition) is 6. The summed E-state index contributed by atoms with van der Waals surface area (Å²) in [5.41, 5.74) is 0. The van der Waals surface area contributed by atoms with Gasteiger partial charge in [0.15, 0.2) is 17.9 Å². The lowest BCUT2D eigenvalue weighted by Crippen LogP contribution is -2.32. The highest BCUT2D eigenvalue weighted by Crippen LogP contribution is 2.38. The number of aliphatic hydroxyl groups is 2. The zero-order valence-electron chi connectivity index (χ0n) is 11.3. The van der Waals surface area contributed by atoms with Gasteiger partial charge in [0.05, 0.1) is 12.7 Å². The maximum absolute atomic E-state index is 9.74. The van der Waals surface area contributed by atoms with Gasteiger partial charge in [0.25, 0.3) is 0 Å². The second-order valence-electron chi connectivity index (χ2n) is 5.71. The van der Waals surface area contributed by atoms with Gasteiger partial charge in [-0.05, 0) is 34.1 Å². The van der Waals surface area contributed by atoms with E-state index in [1.54, 1.807) is 13.8 Å². The Kier molecular flexibility index (Phi) is 3.70. The first-order valence-corrected chi connectivity index (χ1v) is 6.23. The summed E-state index contributed by atoms with van der Waals surface area (Å²) in [4.78, 5) is 0. The molecule has 0 bridgehead atoms. The highest BCUT2D eigenvalue weighted by atomic mass is 16.8. The van der Waals surface area contributed by atoms with Crippen molar-refractivity contribution in [2.24, 2.45) is 0 Å². The van der Waals surface area contributed by atoms with E-state index >= 15 is 0 Å². The molecular weight excluding hydrogens is 240 g/mol. The molecule has 0 radical (unpaired) electrons. The molecular formula is C12H22O6. The topological polar surface area (TPSA) is 77.4 Å². The van der Waals surface area contributed by atoms with E-state index in [1.165, 1.54) is 0 Å². The molecule has 6 heteroatoms. The van der Waals surface area contributed by atoms with Crippen molar-refractivity contribution in [1.29, 1.82) is 0 Å². The SMILES string of the molecule is CC(C)(O)OCCC1OC(O)C2OC(C)(C)OC12. The second-order valence-corrected chi connectivity index (χ2v) is 5.71. The van der Waals surface area contributed by atoms with Gasteiger partial charge in [0.1, 0.15) is 12.2 Å². The molecule has 4 unspecified atom stereocenters. The van der Waals surface area contributed by atoms with Crippen LogP contribution in [0.1, 0.15) is 34.1 Å². The predicted octanol–water partition coefficient (Wildman–Crippen LogP) is 0.359. The fourth-order valence-electron chi connectivity index (χ4n) is 2.32. The second kappa shape index (κ2) is 4.70. The third-order valence-electron chi connectivity index (χ3n) is 2.98. The van der Waals surface area contributed by atoms with E-state index in [0.717, 1.165) is 0 Å². The number of rotatable bonds is 4. The quantitative estimate of drug-likeness (QED) is 0.712. The van der Waals surface area contributed by atoms with Crippen molar-refractivity contribution in [1.82, 2.24) is 0 Å². The molecule has 0 amide bonds. The lowest BCUT2D eigenvalue weighted by molar-refractivity contribution is -0.226. The van der Waals surface area contributed by atoms with Crippen LogP contribution in [0.25, 0.3) is 0 Å². The molecule has 0 spiro atoms. The molecule has 0 aromatic rings. The van der Waals surface area contributed by atoms with E-state index < -0.39 is 24.0 Å². The monoisotopic (exact) mass is 262 g/mol. The minimum atomic E-state index is -1.16. The summed E-state index contributed by atoms with van der Waals surface area (Å²) in [6.07, 6.45) is -1.47. The lowest BCUT2D eigenvalue weighted by atomic mass is 10.1. The van der Waals surface area contributed by atoms with Crippen LogP contribution in [-0.4, -0.2) is 53.0 Å². The van der Waals surface area contributed by atoms with Gasteiger partial charge < -0.3 is 29.2 Å². The van der Waals surface area contributed by atoms with E-state index in [4.69, 9.17) is 18.9 Å². The molecule has 2 saturated heterocycles. The molecule has 18 heavy (non-hydrogen) atoms. The average Bonchev–Trinajstić information content (AvgIpc) is 2.62. The van der Waals surface area contributed by atoms with Crippen molar-refractivity contribution in [3.63, 3.8) is 0 Å². The van der Waals surface area contributed by atoms with Crippen LogP contribution in [0.3, 0.4) is 0 Å². The Hall–Kier alpha value is -0.240. The maximum atomic E-state index is 9.74. The number of hydrogen-bond donors (Lipinski definition) is 2. The summed E-state index contributed by atoms with van der Waals surface area (Å²) in [5.74, 6) is -1.86. The molecule has 0 aromatic carbocycles. The molecule has 0 aliphatic carbocycles. The standard InChI is InChI=1S/C12H22O6/c1-11(2,14)15-6-5-7-8-9(10(13)16-7)18-12(3,4)17-8/h7-10,13-14H,5-6H2,1-4H3.